The van der Waals surface area contributed by atoms with Gasteiger partial charge in [-0.2, -0.15) is 0 Å². The molecular formula is C26H49N3O2. The van der Waals surface area contributed by atoms with Crippen LogP contribution in [0.3, 0.4) is 0 Å². The van der Waals surface area contributed by atoms with E-state index in [1.165, 1.54) is 89.9 Å². The molecule has 31 heavy (non-hydrogen) atoms. The van der Waals surface area contributed by atoms with Crippen molar-refractivity contribution in [1.82, 2.24) is 15.5 Å². The lowest BCUT2D eigenvalue weighted by Crippen LogP contribution is -2.60. The molecule has 3 fully saturated rings. The molecule has 0 aromatic carbocycles. The number of carbonyl (C=O) groups excluding carboxylic acids is 1. The fourth-order valence-corrected chi connectivity index (χ4v) is 6.85. The molecule has 3 N–H and O–H groups in total. The number of nitrogens with zero attached hydrogens (tertiary/aromatic N) is 1. The van der Waals surface area contributed by atoms with E-state index in [9.17, 15) is 4.79 Å². The van der Waals surface area contributed by atoms with E-state index in [0.717, 1.165) is 23.7 Å². The molecule has 180 valence electrons. The Balaban J connectivity index is 1.61. The van der Waals surface area contributed by atoms with E-state index in [1.54, 1.807) is 0 Å². The number of piperidine rings is 1. The van der Waals surface area contributed by atoms with Gasteiger partial charge in [-0.05, 0) is 56.4 Å². The highest BCUT2D eigenvalue weighted by Gasteiger charge is 2.44. The average molecular weight is 436 g/mol. The zero-order valence-corrected chi connectivity index (χ0v) is 20.3. The van der Waals surface area contributed by atoms with Crippen LogP contribution in [-0.2, 0) is 4.79 Å². The summed E-state index contributed by atoms with van der Waals surface area (Å²) in [6.07, 6.45) is 19.7. The number of carbonyl (C=O) groups is 1. The number of nitrogens with one attached hydrogen (secondary N) is 2. The van der Waals surface area contributed by atoms with Crippen molar-refractivity contribution < 1.29 is 9.90 Å². The Labute approximate surface area is 191 Å². The molecule has 5 nitrogen and oxygen atoms in total. The van der Waals surface area contributed by atoms with Gasteiger partial charge in [-0.1, -0.05) is 71.1 Å². The van der Waals surface area contributed by atoms with Crippen LogP contribution in [0.15, 0.2) is 0 Å². The van der Waals surface area contributed by atoms with Crippen molar-refractivity contribution in [3.63, 3.8) is 0 Å². The molecule has 5 unspecified atom stereocenters. The zero-order chi connectivity index (χ0) is 22.1. The molecule has 2 saturated carbocycles. The number of likely N-dealkylation sites (N-methyl/N-ethyl adjacent to an activating group) is 1. The topological polar surface area (TPSA) is 64.6 Å². The molecule has 1 aliphatic heterocycles. The number of fused-ring (bicyclic) bond motifs is 1. The van der Waals surface area contributed by atoms with E-state index in [0.29, 0.717) is 25.3 Å². The molecule has 1 saturated heterocycles. The number of hydrogen-bond acceptors (Lipinski definition) is 4. The third-order valence-electron chi connectivity index (χ3n) is 8.54. The van der Waals surface area contributed by atoms with Crippen LogP contribution in [0, 0.1) is 23.7 Å². The minimum absolute atomic E-state index is 0.00422. The predicted octanol–water partition coefficient (Wildman–Crippen LogP) is 4.30. The highest BCUT2D eigenvalue weighted by Crippen LogP contribution is 2.47. The standard InChI is InChI=1S/C26H49N3O2/c1-3-4-5-7-10-20-13-14-24-23(17-20)22(21-11-8-6-9-12-21)18-25(28-24)29(2)19-26(31)27-15-16-30/h20-25,28,30H,3-19H2,1-2H3,(H,27,31). The van der Waals surface area contributed by atoms with Gasteiger partial charge in [0, 0.05) is 12.6 Å². The number of amides is 1. The molecular weight excluding hydrogens is 386 g/mol. The zero-order valence-electron chi connectivity index (χ0n) is 20.3. The lowest BCUT2D eigenvalue weighted by atomic mass is 9.62. The highest BCUT2D eigenvalue weighted by atomic mass is 16.3. The minimum Gasteiger partial charge on any atom is -0.395 e. The Bertz CT molecular complexity index is 523. The van der Waals surface area contributed by atoms with Crippen LogP contribution in [0.5, 0.6) is 0 Å². The molecule has 0 bridgehead atoms. The van der Waals surface area contributed by atoms with E-state index in [1.807, 2.05) is 0 Å². The molecule has 3 aliphatic rings. The fourth-order valence-electron chi connectivity index (χ4n) is 6.85. The van der Waals surface area contributed by atoms with Gasteiger partial charge in [0.25, 0.3) is 0 Å². The van der Waals surface area contributed by atoms with Crippen LogP contribution in [0.25, 0.3) is 0 Å². The Morgan fingerprint density at radius 1 is 1.03 bits per heavy atom. The number of unbranched alkanes of at least 4 members (excludes halogenated alkanes) is 3. The van der Waals surface area contributed by atoms with Gasteiger partial charge in [0.05, 0.1) is 19.3 Å². The van der Waals surface area contributed by atoms with E-state index >= 15 is 0 Å². The summed E-state index contributed by atoms with van der Waals surface area (Å²) in [6.45, 7) is 3.06. The number of hydrogen-bond donors (Lipinski definition) is 3. The van der Waals surface area contributed by atoms with E-state index in [2.05, 4.69) is 29.5 Å². The first-order chi connectivity index (χ1) is 15.1. The van der Waals surface area contributed by atoms with Crippen LogP contribution < -0.4 is 10.6 Å². The van der Waals surface area contributed by atoms with Crippen molar-refractivity contribution in [2.24, 2.45) is 23.7 Å². The molecule has 0 spiro atoms. The van der Waals surface area contributed by atoms with E-state index in [-0.39, 0.29) is 12.5 Å². The van der Waals surface area contributed by atoms with Gasteiger partial charge >= 0.3 is 0 Å². The number of rotatable bonds is 11. The molecule has 5 atom stereocenters. The normalized spacial score (nSPS) is 32.1. The monoisotopic (exact) mass is 435 g/mol. The second-order valence-electron chi connectivity index (χ2n) is 10.8. The number of aliphatic hydroxyl groups excluding tert-OH is 1. The summed E-state index contributed by atoms with van der Waals surface area (Å²) in [7, 11) is 2.09. The first-order valence-corrected chi connectivity index (χ1v) is 13.5. The molecule has 0 aromatic rings. The largest absolute Gasteiger partial charge is 0.395 e. The van der Waals surface area contributed by atoms with Gasteiger partial charge in [0.15, 0.2) is 0 Å². The highest BCUT2D eigenvalue weighted by molar-refractivity contribution is 5.77. The summed E-state index contributed by atoms with van der Waals surface area (Å²) in [6, 6.07) is 0.625. The SMILES string of the molecule is CCCCCCC1CCC2NC(N(C)CC(=O)NCCO)CC(C3CCCCC3)C2C1. The van der Waals surface area contributed by atoms with Crippen LogP contribution in [0.2, 0.25) is 0 Å². The summed E-state index contributed by atoms with van der Waals surface area (Å²) >= 11 is 0. The van der Waals surface area contributed by atoms with Gasteiger partial charge < -0.3 is 10.4 Å². The smallest absolute Gasteiger partial charge is 0.234 e. The summed E-state index contributed by atoms with van der Waals surface area (Å²) in [5.41, 5.74) is 0. The van der Waals surface area contributed by atoms with Crippen LogP contribution in [0.1, 0.15) is 96.8 Å². The maximum absolute atomic E-state index is 12.2. The maximum Gasteiger partial charge on any atom is 0.234 e. The van der Waals surface area contributed by atoms with Gasteiger partial charge in [0.2, 0.25) is 5.91 Å². The van der Waals surface area contributed by atoms with Crippen LogP contribution in [0.4, 0.5) is 0 Å². The fraction of sp³-hybridized carbons (Fsp3) is 0.962. The molecule has 0 radical (unpaired) electrons. The van der Waals surface area contributed by atoms with Crippen molar-refractivity contribution >= 4 is 5.91 Å². The Kier molecular flexibility index (Phi) is 10.6. The Morgan fingerprint density at radius 3 is 2.58 bits per heavy atom. The third-order valence-corrected chi connectivity index (χ3v) is 8.54. The minimum atomic E-state index is 0.00422. The van der Waals surface area contributed by atoms with Gasteiger partial charge in [-0.15, -0.1) is 0 Å². The van der Waals surface area contributed by atoms with Crippen molar-refractivity contribution in [3.05, 3.63) is 0 Å². The third kappa shape index (κ3) is 7.43. The van der Waals surface area contributed by atoms with E-state index < -0.39 is 0 Å². The van der Waals surface area contributed by atoms with Gasteiger partial charge in [-0.3, -0.25) is 15.0 Å². The van der Waals surface area contributed by atoms with Gasteiger partial charge in [0.1, 0.15) is 0 Å². The summed E-state index contributed by atoms with van der Waals surface area (Å²) < 4.78 is 0. The second kappa shape index (κ2) is 13.2. The van der Waals surface area contributed by atoms with Crippen molar-refractivity contribution in [2.75, 3.05) is 26.7 Å². The second-order valence-corrected chi connectivity index (χ2v) is 10.8. The summed E-state index contributed by atoms with van der Waals surface area (Å²) in [5.74, 6) is 3.50. The van der Waals surface area contributed by atoms with Crippen molar-refractivity contribution in [1.29, 1.82) is 0 Å². The maximum atomic E-state index is 12.2. The lowest BCUT2D eigenvalue weighted by molar-refractivity contribution is -0.123. The predicted molar refractivity (Wildman–Crippen MR) is 128 cm³/mol. The molecule has 2 aliphatic carbocycles. The average Bonchev–Trinajstić information content (AvgIpc) is 2.80. The van der Waals surface area contributed by atoms with Crippen molar-refractivity contribution in [2.45, 2.75) is 109 Å². The molecule has 3 rings (SSSR count). The molecule has 0 aromatic heterocycles. The summed E-state index contributed by atoms with van der Waals surface area (Å²) in [4.78, 5) is 14.4. The Hall–Kier alpha value is -0.650. The Morgan fingerprint density at radius 2 is 1.84 bits per heavy atom. The molecule has 1 amide bonds. The molecule has 1 heterocycles. The van der Waals surface area contributed by atoms with Crippen LogP contribution in [-0.4, -0.2) is 54.9 Å². The first-order valence-electron chi connectivity index (χ1n) is 13.5. The molecule has 5 heteroatoms. The first kappa shape index (κ1) is 25.0. The lowest BCUT2D eigenvalue weighted by Gasteiger charge is -2.52. The number of aliphatic hydroxyl groups is 1. The van der Waals surface area contributed by atoms with E-state index in [4.69, 9.17) is 5.11 Å². The quantitative estimate of drug-likeness (QED) is 0.424. The summed E-state index contributed by atoms with van der Waals surface area (Å²) in [5, 5.41) is 15.8. The van der Waals surface area contributed by atoms with Crippen molar-refractivity contribution in [3.8, 4) is 0 Å². The van der Waals surface area contributed by atoms with Gasteiger partial charge in [-0.25, -0.2) is 0 Å². The van der Waals surface area contributed by atoms with Crippen LogP contribution >= 0.6 is 0 Å².